The third-order valence-electron chi connectivity index (χ3n) is 4.15. The minimum atomic E-state index is -4.38. The van der Waals surface area contributed by atoms with Crippen molar-refractivity contribution in [1.29, 1.82) is 0 Å². The van der Waals surface area contributed by atoms with E-state index in [0.29, 0.717) is 16.7 Å². The second-order valence-corrected chi connectivity index (χ2v) is 5.96. The third-order valence-corrected chi connectivity index (χ3v) is 4.15. The molecule has 2 aromatic heterocycles. The van der Waals surface area contributed by atoms with Crippen molar-refractivity contribution in [3.8, 4) is 0 Å². The lowest BCUT2D eigenvalue weighted by molar-refractivity contribution is -0.137. The first kappa shape index (κ1) is 15.5. The van der Waals surface area contributed by atoms with Gasteiger partial charge in [0, 0.05) is 22.8 Å². The molecule has 0 bridgehead atoms. The summed E-state index contributed by atoms with van der Waals surface area (Å²) in [6, 6.07) is 13.2. The number of nitrogens with zero attached hydrogens (tertiary/aromatic N) is 1. The third kappa shape index (κ3) is 2.91. The Morgan fingerprint density at radius 1 is 0.960 bits per heavy atom. The smallest absolute Gasteiger partial charge is 0.361 e. The van der Waals surface area contributed by atoms with Crippen LogP contribution in [-0.4, -0.2) is 9.97 Å². The molecule has 0 fully saturated rings. The summed E-state index contributed by atoms with van der Waals surface area (Å²) in [6.07, 6.45) is -2.53. The van der Waals surface area contributed by atoms with Gasteiger partial charge in [-0.3, -0.25) is 0 Å². The Morgan fingerprint density at radius 2 is 1.76 bits per heavy atom. The van der Waals surface area contributed by atoms with Crippen molar-refractivity contribution in [1.82, 2.24) is 9.97 Å². The van der Waals surface area contributed by atoms with Crippen molar-refractivity contribution in [3.05, 3.63) is 65.9 Å². The Morgan fingerprint density at radius 3 is 2.56 bits per heavy atom. The predicted molar refractivity (Wildman–Crippen MR) is 93.1 cm³/mol. The number of aromatic amines is 1. The van der Waals surface area contributed by atoms with Crippen LogP contribution >= 0.6 is 0 Å². The molecule has 0 radical (unpaired) electrons. The predicted octanol–water partition coefficient (Wildman–Crippen LogP) is 5.79. The Bertz CT molecular complexity index is 1080. The molecule has 0 aliphatic rings. The van der Waals surface area contributed by atoms with E-state index >= 15 is 0 Å². The van der Waals surface area contributed by atoms with E-state index in [1.54, 1.807) is 0 Å². The van der Waals surface area contributed by atoms with E-state index in [9.17, 15) is 13.2 Å². The number of benzene rings is 2. The summed E-state index contributed by atoms with van der Waals surface area (Å²) in [7, 11) is 0. The molecule has 4 aromatic rings. The molecule has 2 heterocycles. The molecule has 126 valence electrons. The SMILES string of the molecule is Cc1cc2ccc(C(F)(F)F)cc2nc1Nc1ccc2cc[nH]c2c1. The highest BCUT2D eigenvalue weighted by Gasteiger charge is 2.30. The molecule has 0 aliphatic heterocycles. The molecule has 0 amide bonds. The number of nitrogens with one attached hydrogen (secondary N) is 2. The number of pyridine rings is 1. The van der Waals surface area contributed by atoms with Crippen molar-refractivity contribution in [2.45, 2.75) is 13.1 Å². The molecule has 0 unspecified atom stereocenters. The van der Waals surface area contributed by atoms with E-state index in [1.807, 2.05) is 43.5 Å². The molecule has 0 saturated carbocycles. The van der Waals surface area contributed by atoms with Gasteiger partial charge in [0.2, 0.25) is 0 Å². The van der Waals surface area contributed by atoms with Crippen molar-refractivity contribution in [2.75, 3.05) is 5.32 Å². The normalized spacial score (nSPS) is 12.0. The van der Waals surface area contributed by atoms with Crippen LogP contribution in [0.4, 0.5) is 24.7 Å². The number of halogens is 3. The average Bonchev–Trinajstić information content (AvgIpc) is 3.02. The van der Waals surface area contributed by atoms with Gasteiger partial charge in [-0.2, -0.15) is 13.2 Å². The summed E-state index contributed by atoms with van der Waals surface area (Å²) in [5.41, 5.74) is 2.26. The number of aromatic nitrogens is 2. The molecule has 6 heteroatoms. The van der Waals surface area contributed by atoms with Crippen LogP contribution in [0.25, 0.3) is 21.8 Å². The number of hydrogen-bond acceptors (Lipinski definition) is 2. The molecule has 3 nitrogen and oxygen atoms in total. The monoisotopic (exact) mass is 341 g/mol. The van der Waals surface area contributed by atoms with Crippen LogP contribution in [-0.2, 0) is 6.18 Å². The van der Waals surface area contributed by atoms with E-state index in [1.165, 1.54) is 6.07 Å². The molecule has 2 N–H and O–H groups in total. The van der Waals surface area contributed by atoms with Crippen molar-refractivity contribution in [2.24, 2.45) is 0 Å². The van der Waals surface area contributed by atoms with Crippen LogP contribution in [0.1, 0.15) is 11.1 Å². The Balaban J connectivity index is 1.76. The number of aryl methyl sites for hydroxylation is 1. The summed E-state index contributed by atoms with van der Waals surface area (Å²) in [5, 5.41) is 4.96. The van der Waals surface area contributed by atoms with Crippen LogP contribution in [0.15, 0.2) is 54.7 Å². The van der Waals surface area contributed by atoms with Crippen molar-refractivity contribution >= 4 is 33.3 Å². The van der Waals surface area contributed by atoms with Gasteiger partial charge in [0.15, 0.2) is 0 Å². The summed E-state index contributed by atoms with van der Waals surface area (Å²) >= 11 is 0. The second kappa shape index (κ2) is 5.51. The Labute approximate surface area is 141 Å². The van der Waals surface area contributed by atoms with E-state index in [0.717, 1.165) is 34.3 Å². The molecule has 0 aliphatic carbocycles. The first-order valence-electron chi connectivity index (χ1n) is 7.73. The highest BCUT2D eigenvalue weighted by atomic mass is 19.4. The maximum Gasteiger partial charge on any atom is 0.416 e. The lowest BCUT2D eigenvalue weighted by Gasteiger charge is -2.12. The zero-order chi connectivity index (χ0) is 17.6. The zero-order valence-corrected chi connectivity index (χ0v) is 13.3. The fourth-order valence-electron chi connectivity index (χ4n) is 2.84. The van der Waals surface area contributed by atoms with Gasteiger partial charge >= 0.3 is 6.18 Å². The van der Waals surface area contributed by atoms with Gasteiger partial charge < -0.3 is 10.3 Å². The number of anilines is 2. The van der Waals surface area contributed by atoms with E-state index in [4.69, 9.17) is 0 Å². The summed E-state index contributed by atoms with van der Waals surface area (Å²) in [5.74, 6) is 0.540. The first-order chi connectivity index (χ1) is 11.9. The maximum atomic E-state index is 12.9. The second-order valence-electron chi connectivity index (χ2n) is 5.96. The van der Waals surface area contributed by atoms with Gasteiger partial charge in [-0.1, -0.05) is 12.1 Å². The molecular weight excluding hydrogens is 327 g/mol. The zero-order valence-electron chi connectivity index (χ0n) is 13.3. The van der Waals surface area contributed by atoms with Crippen LogP contribution < -0.4 is 5.32 Å². The van der Waals surface area contributed by atoms with Crippen LogP contribution in [0.2, 0.25) is 0 Å². The average molecular weight is 341 g/mol. The van der Waals surface area contributed by atoms with Crippen LogP contribution in [0, 0.1) is 6.92 Å². The lowest BCUT2D eigenvalue weighted by Crippen LogP contribution is -2.05. The van der Waals surface area contributed by atoms with Crippen LogP contribution in [0.3, 0.4) is 0 Å². The summed E-state index contributed by atoms with van der Waals surface area (Å²) in [4.78, 5) is 7.52. The number of H-pyrrole nitrogens is 1. The summed E-state index contributed by atoms with van der Waals surface area (Å²) < 4.78 is 38.7. The molecule has 4 rings (SSSR count). The van der Waals surface area contributed by atoms with Gasteiger partial charge in [-0.15, -0.1) is 0 Å². The quantitative estimate of drug-likeness (QED) is 0.485. The molecule has 0 atom stereocenters. The van der Waals surface area contributed by atoms with Crippen LogP contribution in [0.5, 0.6) is 0 Å². The molecule has 0 saturated heterocycles. The molecule has 0 spiro atoms. The van der Waals surface area contributed by atoms with E-state index in [-0.39, 0.29) is 0 Å². The largest absolute Gasteiger partial charge is 0.416 e. The minimum absolute atomic E-state index is 0.309. The Kier molecular flexibility index (Phi) is 3.42. The highest BCUT2D eigenvalue weighted by Crippen LogP contribution is 2.32. The Hall–Kier alpha value is -3.02. The number of rotatable bonds is 2. The lowest BCUT2D eigenvalue weighted by atomic mass is 10.1. The fraction of sp³-hybridized carbons (Fsp3) is 0.105. The minimum Gasteiger partial charge on any atom is -0.361 e. The van der Waals surface area contributed by atoms with Crippen molar-refractivity contribution in [3.63, 3.8) is 0 Å². The summed E-state index contributed by atoms with van der Waals surface area (Å²) in [6.45, 7) is 1.87. The van der Waals surface area contributed by atoms with Gasteiger partial charge in [-0.25, -0.2) is 4.98 Å². The van der Waals surface area contributed by atoms with Gasteiger partial charge in [0.05, 0.1) is 11.1 Å². The van der Waals surface area contributed by atoms with Gasteiger partial charge in [0.1, 0.15) is 5.82 Å². The first-order valence-corrected chi connectivity index (χ1v) is 7.73. The van der Waals surface area contributed by atoms with Gasteiger partial charge in [-0.05, 0) is 54.3 Å². The maximum absolute atomic E-state index is 12.9. The highest BCUT2D eigenvalue weighted by molar-refractivity contribution is 5.86. The van der Waals surface area contributed by atoms with Crippen molar-refractivity contribution < 1.29 is 13.2 Å². The standard InChI is InChI=1S/C19H14F3N3/c1-11-8-13-2-4-14(19(20,21)22)9-17(13)25-18(11)24-15-5-3-12-6-7-23-16(12)10-15/h2-10,23H,1H3,(H,24,25). The fourth-order valence-corrected chi connectivity index (χ4v) is 2.84. The molecule has 2 aromatic carbocycles. The number of fused-ring (bicyclic) bond motifs is 2. The number of alkyl halides is 3. The van der Waals surface area contributed by atoms with E-state index < -0.39 is 11.7 Å². The van der Waals surface area contributed by atoms with Gasteiger partial charge in [0.25, 0.3) is 0 Å². The molecular formula is C19H14F3N3. The topological polar surface area (TPSA) is 40.7 Å². The number of hydrogen-bond donors (Lipinski definition) is 2. The molecule has 25 heavy (non-hydrogen) atoms. The van der Waals surface area contributed by atoms with E-state index in [2.05, 4.69) is 15.3 Å².